The number of rotatable bonds is 5. The van der Waals surface area contributed by atoms with Gasteiger partial charge in [-0.1, -0.05) is 26.0 Å². The van der Waals surface area contributed by atoms with Crippen LogP contribution in [0.5, 0.6) is 0 Å². The Balaban J connectivity index is 2.74. The van der Waals surface area contributed by atoms with Crippen molar-refractivity contribution in [3.8, 4) is 0 Å². The summed E-state index contributed by atoms with van der Waals surface area (Å²) in [6.45, 7) is 7.58. The fourth-order valence-corrected chi connectivity index (χ4v) is 2.02. The van der Waals surface area contributed by atoms with Crippen LogP contribution in [0.2, 0.25) is 0 Å². The van der Waals surface area contributed by atoms with Gasteiger partial charge in [0.2, 0.25) is 0 Å². The van der Waals surface area contributed by atoms with Gasteiger partial charge in [0.1, 0.15) is 0 Å². The molecule has 1 aromatic rings. The van der Waals surface area contributed by atoms with E-state index in [0.29, 0.717) is 0 Å². The first kappa shape index (κ1) is 12.5. The standard InChI is InChI=1S/C12H19BrN2/c1-3-8-15(4-2)9-10-6-5-7-11(14)12(10)13/h5-7H,3-4,8-9,14H2,1-2H3. The van der Waals surface area contributed by atoms with Crippen molar-refractivity contribution in [2.24, 2.45) is 0 Å². The number of halogens is 1. The first-order valence-corrected chi connectivity index (χ1v) is 6.23. The summed E-state index contributed by atoms with van der Waals surface area (Å²) in [7, 11) is 0. The Morgan fingerprint density at radius 3 is 2.67 bits per heavy atom. The first-order chi connectivity index (χ1) is 7.19. The van der Waals surface area contributed by atoms with E-state index in [9.17, 15) is 0 Å². The van der Waals surface area contributed by atoms with Crippen LogP contribution in [0.4, 0.5) is 5.69 Å². The average molecular weight is 271 g/mol. The molecule has 0 unspecified atom stereocenters. The third kappa shape index (κ3) is 3.50. The van der Waals surface area contributed by atoms with E-state index in [2.05, 4.69) is 40.7 Å². The van der Waals surface area contributed by atoms with Gasteiger partial charge in [-0.3, -0.25) is 4.90 Å². The molecular weight excluding hydrogens is 252 g/mol. The summed E-state index contributed by atoms with van der Waals surface area (Å²) >= 11 is 3.54. The highest BCUT2D eigenvalue weighted by molar-refractivity contribution is 9.10. The largest absolute Gasteiger partial charge is 0.398 e. The molecule has 2 nitrogen and oxygen atoms in total. The van der Waals surface area contributed by atoms with Crippen molar-refractivity contribution in [3.05, 3.63) is 28.2 Å². The molecule has 0 atom stereocenters. The van der Waals surface area contributed by atoms with E-state index in [1.807, 2.05) is 12.1 Å². The van der Waals surface area contributed by atoms with Gasteiger partial charge in [-0.25, -0.2) is 0 Å². The van der Waals surface area contributed by atoms with Crippen molar-refractivity contribution in [2.75, 3.05) is 18.8 Å². The molecule has 0 bridgehead atoms. The van der Waals surface area contributed by atoms with Crippen LogP contribution < -0.4 is 5.73 Å². The van der Waals surface area contributed by atoms with Crippen molar-refractivity contribution in [2.45, 2.75) is 26.8 Å². The number of hydrogen-bond donors (Lipinski definition) is 1. The maximum Gasteiger partial charge on any atom is 0.0461 e. The minimum atomic E-state index is 0.819. The van der Waals surface area contributed by atoms with Crippen LogP contribution in [0, 0.1) is 0 Å². The minimum absolute atomic E-state index is 0.819. The van der Waals surface area contributed by atoms with Crippen LogP contribution in [0.15, 0.2) is 22.7 Å². The topological polar surface area (TPSA) is 29.3 Å². The second-order valence-corrected chi connectivity index (χ2v) is 4.48. The molecule has 0 heterocycles. The molecule has 0 aliphatic carbocycles. The molecule has 0 saturated heterocycles. The molecule has 84 valence electrons. The molecule has 0 radical (unpaired) electrons. The predicted octanol–water partition coefficient (Wildman–Crippen LogP) is 3.26. The molecule has 15 heavy (non-hydrogen) atoms. The van der Waals surface area contributed by atoms with Crippen LogP contribution in [0.1, 0.15) is 25.8 Å². The SMILES string of the molecule is CCCN(CC)Cc1cccc(N)c1Br. The summed E-state index contributed by atoms with van der Waals surface area (Å²) < 4.78 is 1.04. The second-order valence-electron chi connectivity index (χ2n) is 3.69. The van der Waals surface area contributed by atoms with Gasteiger partial charge in [0.15, 0.2) is 0 Å². The summed E-state index contributed by atoms with van der Waals surface area (Å²) in [4.78, 5) is 2.42. The maximum absolute atomic E-state index is 5.85. The van der Waals surface area contributed by atoms with E-state index in [-0.39, 0.29) is 0 Å². The molecule has 1 rings (SSSR count). The molecular formula is C12H19BrN2. The summed E-state index contributed by atoms with van der Waals surface area (Å²) in [5.41, 5.74) is 7.93. The van der Waals surface area contributed by atoms with E-state index in [1.165, 1.54) is 12.0 Å². The summed E-state index contributed by atoms with van der Waals surface area (Å²) in [6.07, 6.45) is 1.19. The molecule has 0 aromatic heterocycles. The fraction of sp³-hybridized carbons (Fsp3) is 0.500. The van der Waals surface area contributed by atoms with Gasteiger partial charge in [0.05, 0.1) is 0 Å². The molecule has 1 aromatic carbocycles. The van der Waals surface area contributed by atoms with Crippen LogP contribution >= 0.6 is 15.9 Å². The molecule has 0 fully saturated rings. The Hall–Kier alpha value is -0.540. The van der Waals surface area contributed by atoms with Crippen LogP contribution in [-0.4, -0.2) is 18.0 Å². The Kier molecular flexibility index (Phi) is 5.12. The van der Waals surface area contributed by atoms with Gasteiger partial charge in [-0.15, -0.1) is 0 Å². The monoisotopic (exact) mass is 270 g/mol. The van der Waals surface area contributed by atoms with Gasteiger partial charge >= 0.3 is 0 Å². The number of hydrogen-bond acceptors (Lipinski definition) is 2. The highest BCUT2D eigenvalue weighted by Gasteiger charge is 2.07. The zero-order valence-electron chi connectivity index (χ0n) is 9.46. The third-order valence-corrected chi connectivity index (χ3v) is 3.46. The van der Waals surface area contributed by atoms with Gasteiger partial charge in [0.25, 0.3) is 0 Å². The summed E-state index contributed by atoms with van der Waals surface area (Å²) in [5, 5.41) is 0. The molecule has 2 N–H and O–H groups in total. The third-order valence-electron chi connectivity index (χ3n) is 2.49. The number of benzene rings is 1. The zero-order chi connectivity index (χ0) is 11.3. The first-order valence-electron chi connectivity index (χ1n) is 5.44. The number of nitrogen functional groups attached to an aromatic ring is 1. The lowest BCUT2D eigenvalue weighted by atomic mass is 10.2. The average Bonchev–Trinajstić information content (AvgIpc) is 2.24. The Bertz CT molecular complexity index is 312. The van der Waals surface area contributed by atoms with Crippen LogP contribution in [-0.2, 0) is 6.54 Å². The van der Waals surface area contributed by atoms with Gasteiger partial charge in [0, 0.05) is 16.7 Å². The summed E-state index contributed by atoms with van der Waals surface area (Å²) in [5.74, 6) is 0. The lowest BCUT2D eigenvalue weighted by Crippen LogP contribution is -2.23. The maximum atomic E-state index is 5.85. The van der Waals surface area contributed by atoms with E-state index in [4.69, 9.17) is 5.73 Å². The number of nitrogens with two attached hydrogens (primary N) is 1. The van der Waals surface area contributed by atoms with Gasteiger partial charge in [-0.2, -0.15) is 0 Å². The molecule has 0 saturated carbocycles. The normalized spacial score (nSPS) is 10.9. The summed E-state index contributed by atoms with van der Waals surface area (Å²) in [6, 6.07) is 6.05. The number of nitrogens with zero attached hydrogens (tertiary/aromatic N) is 1. The quantitative estimate of drug-likeness (QED) is 0.833. The number of anilines is 1. The minimum Gasteiger partial charge on any atom is -0.398 e. The van der Waals surface area contributed by atoms with Crippen molar-refractivity contribution in [1.29, 1.82) is 0 Å². The van der Waals surface area contributed by atoms with Crippen LogP contribution in [0.3, 0.4) is 0 Å². The molecule has 0 amide bonds. The van der Waals surface area contributed by atoms with Crippen LogP contribution in [0.25, 0.3) is 0 Å². The van der Waals surface area contributed by atoms with E-state index < -0.39 is 0 Å². The van der Waals surface area contributed by atoms with Crippen molar-refractivity contribution in [1.82, 2.24) is 4.90 Å². The zero-order valence-corrected chi connectivity index (χ0v) is 11.0. The second kappa shape index (κ2) is 6.13. The Morgan fingerprint density at radius 1 is 1.33 bits per heavy atom. The fourth-order valence-electron chi connectivity index (χ4n) is 1.63. The Morgan fingerprint density at radius 2 is 2.07 bits per heavy atom. The van der Waals surface area contributed by atoms with Crippen molar-refractivity contribution < 1.29 is 0 Å². The molecule has 0 aliphatic rings. The van der Waals surface area contributed by atoms with Crippen molar-refractivity contribution in [3.63, 3.8) is 0 Å². The van der Waals surface area contributed by atoms with E-state index >= 15 is 0 Å². The lowest BCUT2D eigenvalue weighted by molar-refractivity contribution is 0.280. The highest BCUT2D eigenvalue weighted by Crippen LogP contribution is 2.24. The lowest BCUT2D eigenvalue weighted by Gasteiger charge is -2.20. The highest BCUT2D eigenvalue weighted by atomic mass is 79.9. The molecule has 0 spiro atoms. The molecule has 3 heteroatoms. The van der Waals surface area contributed by atoms with Gasteiger partial charge < -0.3 is 5.73 Å². The van der Waals surface area contributed by atoms with E-state index in [1.54, 1.807) is 0 Å². The van der Waals surface area contributed by atoms with Gasteiger partial charge in [-0.05, 0) is 47.1 Å². The smallest absolute Gasteiger partial charge is 0.0461 e. The Labute approximate surface area is 101 Å². The van der Waals surface area contributed by atoms with E-state index in [0.717, 1.165) is 29.8 Å². The molecule has 0 aliphatic heterocycles. The van der Waals surface area contributed by atoms with Crippen molar-refractivity contribution >= 4 is 21.6 Å². The predicted molar refractivity (Wildman–Crippen MR) is 69.8 cm³/mol.